The highest BCUT2D eigenvalue weighted by atomic mass is 32.2. The lowest BCUT2D eigenvalue weighted by Gasteiger charge is -2.25. The molecule has 0 aliphatic carbocycles. The molecule has 4 N–H and O–H groups in total. The molecule has 0 aromatic carbocycles. The Kier molecular flexibility index (Phi) is 7.90. The molecule has 0 bridgehead atoms. The first-order valence-corrected chi connectivity index (χ1v) is 5.73. The molecule has 16 heavy (non-hydrogen) atoms. The summed E-state index contributed by atoms with van der Waals surface area (Å²) in [5.74, 6) is -0.0345. The topological polar surface area (TPSA) is 107 Å². The average molecular weight is 254 g/mol. The normalized spacial score (nSPS) is 18.9. The first kappa shape index (κ1) is 15.8. The second kappa shape index (κ2) is 7.99. The van der Waals surface area contributed by atoms with Crippen LogP contribution in [0.5, 0.6) is 0 Å². The zero-order valence-electron chi connectivity index (χ0n) is 9.24. The Morgan fingerprint density at radius 3 is 2.12 bits per heavy atom. The number of hydrogen-bond acceptors (Lipinski definition) is 7. The molecule has 0 aliphatic rings. The van der Waals surface area contributed by atoms with Crippen molar-refractivity contribution in [3.05, 3.63) is 0 Å². The van der Waals surface area contributed by atoms with Crippen molar-refractivity contribution >= 4 is 16.9 Å². The van der Waals surface area contributed by atoms with Crippen LogP contribution in [0.4, 0.5) is 0 Å². The molecule has 0 saturated heterocycles. The third kappa shape index (κ3) is 5.78. The number of aliphatic hydroxyl groups is 4. The zero-order chi connectivity index (χ0) is 12.7. The van der Waals surface area contributed by atoms with E-state index in [-0.39, 0.29) is 17.5 Å². The maximum Gasteiger partial charge on any atom is 0.185 e. The summed E-state index contributed by atoms with van der Waals surface area (Å²) in [6.45, 7) is 1.19. The molecule has 0 heterocycles. The molecule has 0 saturated carbocycles. The van der Waals surface area contributed by atoms with Gasteiger partial charge in [-0.2, -0.15) is 0 Å². The van der Waals surface area contributed by atoms with Crippen LogP contribution in [0.2, 0.25) is 0 Å². The van der Waals surface area contributed by atoms with Crippen molar-refractivity contribution in [3.63, 3.8) is 0 Å². The van der Waals surface area contributed by atoms with Gasteiger partial charge in [0.1, 0.15) is 18.3 Å². The van der Waals surface area contributed by atoms with Gasteiger partial charge >= 0.3 is 0 Å². The number of ether oxygens (including phenoxy) is 1. The molecule has 0 radical (unpaired) electrons. The van der Waals surface area contributed by atoms with Gasteiger partial charge < -0.3 is 25.2 Å². The Balaban J connectivity index is 4.09. The van der Waals surface area contributed by atoms with Crippen molar-refractivity contribution in [2.24, 2.45) is 0 Å². The van der Waals surface area contributed by atoms with Crippen molar-refractivity contribution in [2.75, 3.05) is 19.5 Å². The monoisotopic (exact) mass is 254 g/mol. The van der Waals surface area contributed by atoms with E-state index in [1.165, 1.54) is 14.0 Å². The first-order chi connectivity index (χ1) is 7.40. The van der Waals surface area contributed by atoms with Crippen LogP contribution in [0.25, 0.3) is 0 Å². The number of thioether (sulfide) groups is 1. The molecule has 6 nitrogen and oxygen atoms in total. The fourth-order valence-electron chi connectivity index (χ4n) is 1.03. The van der Waals surface area contributed by atoms with Gasteiger partial charge in [-0.3, -0.25) is 4.79 Å². The number of rotatable bonds is 7. The lowest BCUT2D eigenvalue weighted by Crippen LogP contribution is -2.46. The van der Waals surface area contributed by atoms with Crippen LogP contribution < -0.4 is 0 Å². The standard InChI is InChI=1S/C9H18O6S/c1-5(10)16-4-7(12)9(14)8(13)6(11)3-15-2/h6-9,11-14H,3-4H2,1-2H3/t6?,7?,8-,9+/m1/s1. The largest absolute Gasteiger partial charge is 0.389 e. The van der Waals surface area contributed by atoms with Gasteiger partial charge in [-0.05, 0) is 0 Å². The van der Waals surface area contributed by atoms with Crippen molar-refractivity contribution in [1.29, 1.82) is 0 Å². The van der Waals surface area contributed by atoms with Gasteiger partial charge in [-0.1, -0.05) is 11.8 Å². The molecule has 2 unspecified atom stereocenters. The van der Waals surface area contributed by atoms with Gasteiger partial charge in [-0.25, -0.2) is 0 Å². The fourth-order valence-corrected chi connectivity index (χ4v) is 1.63. The van der Waals surface area contributed by atoms with E-state index in [1.807, 2.05) is 0 Å². The molecule has 0 spiro atoms. The zero-order valence-corrected chi connectivity index (χ0v) is 10.1. The van der Waals surface area contributed by atoms with Gasteiger partial charge in [0, 0.05) is 19.8 Å². The number of carbonyl (C=O) groups excluding carboxylic acids is 1. The van der Waals surface area contributed by atoms with Crippen LogP contribution in [0.1, 0.15) is 6.92 Å². The average Bonchev–Trinajstić information content (AvgIpc) is 2.23. The highest BCUT2D eigenvalue weighted by molar-refractivity contribution is 8.13. The number of hydrogen-bond donors (Lipinski definition) is 4. The third-order valence-electron chi connectivity index (χ3n) is 1.93. The van der Waals surface area contributed by atoms with Crippen molar-refractivity contribution in [3.8, 4) is 0 Å². The van der Waals surface area contributed by atoms with E-state index in [4.69, 9.17) is 0 Å². The molecule has 0 rings (SSSR count). The molecular formula is C9H18O6S. The summed E-state index contributed by atoms with van der Waals surface area (Å²) < 4.78 is 4.59. The minimum atomic E-state index is -1.52. The van der Waals surface area contributed by atoms with E-state index in [0.29, 0.717) is 0 Å². The van der Waals surface area contributed by atoms with E-state index in [1.54, 1.807) is 0 Å². The molecule has 0 aliphatic heterocycles. The quantitative estimate of drug-likeness (QED) is 0.431. The summed E-state index contributed by atoms with van der Waals surface area (Å²) >= 11 is 0.837. The lowest BCUT2D eigenvalue weighted by molar-refractivity contribution is -0.113. The molecular weight excluding hydrogens is 236 g/mol. The summed E-state index contributed by atoms with van der Waals surface area (Å²) in [7, 11) is 1.34. The Hall–Kier alpha value is -0.180. The summed E-state index contributed by atoms with van der Waals surface area (Å²) in [5, 5.41) is 37.4. The molecule has 7 heteroatoms. The second-order valence-electron chi connectivity index (χ2n) is 3.37. The second-order valence-corrected chi connectivity index (χ2v) is 4.57. The van der Waals surface area contributed by atoms with Gasteiger partial charge in [0.25, 0.3) is 0 Å². The van der Waals surface area contributed by atoms with E-state index in [0.717, 1.165) is 11.8 Å². The van der Waals surface area contributed by atoms with Crippen LogP contribution in [-0.2, 0) is 9.53 Å². The molecule has 0 amide bonds. The smallest absolute Gasteiger partial charge is 0.185 e. The lowest BCUT2D eigenvalue weighted by atomic mass is 10.0. The molecule has 96 valence electrons. The number of methoxy groups -OCH3 is 1. The molecule has 4 atom stereocenters. The Morgan fingerprint density at radius 2 is 1.69 bits per heavy atom. The third-order valence-corrected chi connectivity index (χ3v) is 2.85. The summed E-state index contributed by atoms with van der Waals surface area (Å²) in [5.41, 5.74) is 0. The maximum atomic E-state index is 10.6. The van der Waals surface area contributed by atoms with E-state index in [9.17, 15) is 25.2 Å². The minimum absolute atomic E-state index is 0.0345. The molecule has 0 fully saturated rings. The molecule has 0 aromatic rings. The highest BCUT2D eigenvalue weighted by Crippen LogP contribution is 2.11. The van der Waals surface area contributed by atoms with Crippen LogP contribution >= 0.6 is 11.8 Å². The van der Waals surface area contributed by atoms with Crippen LogP contribution in [0.15, 0.2) is 0 Å². The Labute approximate surface area is 98.2 Å². The first-order valence-electron chi connectivity index (χ1n) is 4.74. The highest BCUT2D eigenvalue weighted by Gasteiger charge is 2.30. The van der Waals surface area contributed by atoms with Crippen LogP contribution in [0, 0.1) is 0 Å². The Morgan fingerprint density at radius 1 is 1.19 bits per heavy atom. The number of aliphatic hydroxyl groups excluding tert-OH is 4. The predicted molar refractivity (Wildman–Crippen MR) is 59.0 cm³/mol. The van der Waals surface area contributed by atoms with Crippen molar-refractivity contribution in [2.45, 2.75) is 31.3 Å². The Bertz CT molecular complexity index is 212. The van der Waals surface area contributed by atoms with Gasteiger partial charge in [0.05, 0.1) is 12.7 Å². The van der Waals surface area contributed by atoms with Crippen LogP contribution in [0.3, 0.4) is 0 Å². The van der Waals surface area contributed by atoms with E-state index in [2.05, 4.69) is 4.74 Å². The van der Waals surface area contributed by atoms with Crippen molar-refractivity contribution < 1.29 is 30.0 Å². The van der Waals surface area contributed by atoms with Gasteiger partial charge in [-0.15, -0.1) is 0 Å². The summed E-state index contributed by atoms with van der Waals surface area (Å²) in [6, 6.07) is 0. The fraction of sp³-hybridized carbons (Fsp3) is 0.889. The summed E-state index contributed by atoms with van der Waals surface area (Å²) in [6.07, 6.45) is -5.59. The molecule has 0 aromatic heterocycles. The van der Waals surface area contributed by atoms with Crippen LogP contribution in [-0.4, -0.2) is 69.4 Å². The SMILES string of the molecule is COCC(O)[C@@H](O)[C@@H](O)C(O)CSC(C)=O. The summed E-state index contributed by atoms with van der Waals surface area (Å²) in [4.78, 5) is 10.6. The number of carbonyl (C=O) groups is 1. The maximum absolute atomic E-state index is 10.6. The van der Waals surface area contributed by atoms with E-state index >= 15 is 0 Å². The van der Waals surface area contributed by atoms with Crippen molar-refractivity contribution in [1.82, 2.24) is 0 Å². The van der Waals surface area contributed by atoms with Gasteiger partial charge in [0.15, 0.2) is 5.12 Å². The minimum Gasteiger partial charge on any atom is -0.389 e. The van der Waals surface area contributed by atoms with Gasteiger partial charge in [0.2, 0.25) is 0 Å². The predicted octanol–water partition coefficient (Wildman–Crippen LogP) is -1.64. The van der Waals surface area contributed by atoms with E-state index < -0.39 is 24.4 Å².